The maximum Gasteiger partial charge on any atom is 0.244 e. The molecule has 0 saturated heterocycles. The van der Waals surface area contributed by atoms with E-state index in [9.17, 15) is 4.79 Å². The SMILES string of the molecule is COc1ccc(OC)c(-c2coc3c(C)c(OC)c(/C(C)=C/C(=O)NCC(C)C)cc23)c1. The number of carbonyl (C=O) groups is 1. The summed E-state index contributed by atoms with van der Waals surface area (Å²) in [6.07, 6.45) is 3.32. The molecule has 0 spiro atoms. The molecule has 0 unspecified atom stereocenters. The lowest BCUT2D eigenvalue weighted by Crippen LogP contribution is -2.25. The first-order valence-electron chi connectivity index (χ1n) is 10.6. The highest BCUT2D eigenvalue weighted by atomic mass is 16.5. The molecule has 0 fully saturated rings. The minimum absolute atomic E-state index is 0.127. The number of hydrogen-bond acceptors (Lipinski definition) is 5. The second kappa shape index (κ2) is 9.81. The number of nitrogens with one attached hydrogen (secondary N) is 1. The van der Waals surface area contributed by atoms with Crippen molar-refractivity contribution >= 4 is 22.4 Å². The first kappa shape index (κ1) is 23.3. The number of carbonyl (C=O) groups excluding carboxylic acids is 1. The van der Waals surface area contributed by atoms with Gasteiger partial charge < -0.3 is 23.9 Å². The van der Waals surface area contributed by atoms with E-state index in [1.54, 1.807) is 33.7 Å². The van der Waals surface area contributed by atoms with Gasteiger partial charge in [-0.25, -0.2) is 0 Å². The van der Waals surface area contributed by atoms with Crippen molar-refractivity contribution in [1.82, 2.24) is 5.32 Å². The van der Waals surface area contributed by atoms with E-state index in [0.717, 1.165) is 44.5 Å². The molecule has 1 amide bonds. The van der Waals surface area contributed by atoms with Crippen LogP contribution in [-0.4, -0.2) is 33.8 Å². The quantitative estimate of drug-likeness (QED) is 0.464. The number of methoxy groups -OCH3 is 3. The van der Waals surface area contributed by atoms with Gasteiger partial charge in [0.15, 0.2) is 0 Å². The van der Waals surface area contributed by atoms with Crippen molar-refractivity contribution in [2.75, 3.05) is 27.9 Å². The van der Waals surface area contributed by atoms with Crippen LogP contribution in [0.2, 0.25) is 0 Å². The second-order valence-electron chi connectivity index (χ2n) is 8.14. The van der Waals surface area contributed by atoms with Crippen LogP contribution in [0.1, 0.15) is 31.9 Å². The van der Waals surface area contributed by atoms with Crippen LogP contribution in [0.15, 0.2) is 41.0 Å². The Morgan fingerprint density at radius 3 is 2.47 bits per heavy atom. The van der Waals surface area contributed by atoms with Gasteiger partial charge in [0, 0.05) is 40.3 Å². The molecule has 1 aromatic heterocycles. The lowest BCUT2D eigenvalue weighted by molar-refractivity contribution is -0.116. The van der Waals surface area contributed by atoms with E-state index in [1.165, 1.54) is 0 Å². The fourth-order valence-electron chi connectivity index (χ4n) is 3.74. The number of fused-ring (bicyclic) bond motifs is 1. The molecule has 32 heavy (non-hydrogen) atoms. The van der Waals surface area contributed by atoms with Gasteiger partial charge >= 0.3 is 0 Å². The monoisotopic (exact) mass is 437 g/mol. The predicted molar refractivity (Wildman–Crippen MR) is 128 cm³/mol. The van der Waals surface area contributed by atoms with Crippen LogP contribution < -0.4 is 19.5 Å². The maximum absolute atomic E-state index is 12.4. The van der Waals surface area contributed by atoms with E-state index in [-0.39, 0.29) is 5.91 Å². The van der Waals surface area contributed by atoms with Gasteiger partial charge in [-0.1, -0.05) is 13.8 Å². The minimum Gasteiger partial charge on any atom is -0.497 e. The van der Waals surface area contributed by atoms with Gasteiger partial charge in [-0.2, -0.15) is 0 Å². The van der Waals surface area contributed by atoms with Gasteiger partial charge in [-0.05, 0) is 49.6 Å². The van der Waals surface area contributed by atoms with Crippen molar-refractivity contribution in [3.63, 3.8) is 0 Å². The number of allylic oxidation sites excluding steroid dienone is 1. The lowest BCUT2D eigenvalue weighted by atomic mass is 9.96. The van der Waals surface area contributed by atoms with Crippen molar-refractivity contribution in [2.45, 2.75) is 27.7 Å². The molecular weight excluding hydrogens is 406 g/mol. The lowest BCUT2D eigenvalue weighted by Gasteiger charge is -2.14. The highest BCUT2D eigenvalue weighted by molar-refractivity contribution is 6.02. The number of benzene rings is 2. The maximum atomic E-state index is 12.4. The largest absolute Gasteiger partial charge is 0.497 e. The summed E-state index contributed by atoms with van der Waals surface area (Å²) in [5.74, 6) is 2.37. The first-order chi connectivity index (χ1) is 15.3. The standard InChI is InChI=1S/C26H31NO5/c1-15(2)13-27-24(28)10-16(3)19-12-21-22(14-32-26(21)17(4)25(19)31-7)20-11-18(29-5)8-9-23(20)30-6/h8-12,14-15H,13H2,1-7H3,(H,27,28)/b16-10+. The third kappa shape index (κ3) is 4.59. The molecule has 170 valence electrons. The molecule has 0 radical (unpaired) electrons. The van der Waals surface area contributed by atoms with E-state index < -0.39 is 0 Å². The van der Waals surface area contributed by atoms with Gasteiger partial charge in [0.2, 0.25) is 5.91 Å². The highest BCUT2D eigenvalue weighted by Gasteiger charge is 2.20. The molecule has 0 aliphatic carbocycles. The molecule has 0 aliphatic heterocycles. The molecule has 2 aromatic carbocycles. The van der Waals surface area contributed by atoms with E-state index in [1.807, 2.05) is 38.1 Å². The number of aryl methyl sites for hydroxylation is 1. The fourth-order valence-corrected chi connectivity index (χ4v) is 3.74. The number of rotatable bonds is 8. The van der Waals surface area contributed by atoms with Crippen molar-refractivity contribution < 1.29 is 23.4 Å². The Kier molecular flexibility index (Phi) is 7.13. The summed E-state index contributed by atoms with van der Waals surface area (Å²) in [6, 6.07) is 7.65. The van der Waals surface area contributed by atoms with Gasteiger partial charge in [0.05, 0.1) is 27.6 Å². The second-order valence-corrected chi connectivity index (χ2v) is 8.14. The Hall–Kier alpha value is -3.41. The molecule has 3 rings (SSSR count). The molecule has 6 nitrogen and oxygen atoms in total. The molecule has 6 heteroatoms. The summed E-state index contributed by atoms with van der Waals surface area (Å²) in [4.78, 5) is 12.4. The molecule has 0 saturated carbocycles. The van der Waals surface area contributed by atoms with Crippen molar-refractivity contribution in [1.29, 1.82) is 0 Å². The summed E-state index contributed by atoms with van der Waals surface area (Å²) < 4.78 is 22.7. The molecule has 0 aliphatic rings. The Labute approximate surface area is 189 Å². The summed E-state index contributed by atoms with van der Waals surface area (Å²) in [6.45, 7) is 8.60. The number of ether oxygens (including phenoxy) is 3. The summed E-state index contributed by atoms with van der Waals surface area (Å²) in [5.41, 5.74) is 4.96. The fraction of sp³-hybridized carbons (Fsp3) is 0.346. The first-order valence-corrected chi connectivity index (χ1v) is 10.6. The van der Waals surface area contributed by atoms with Crippen molar-refractivity contribution in [3.05, 3.63) is 47.7 Å². The van der Waals surface area contributed by atoms with Gasteiger partial charge in [-0.3, -0.25) is 4.79 Å². The van der Waals surface area contributed by atoms with Crippen LogP contribution >= 0.6 is 0 Å². The van der Waals surface area contributed by atoms with Crippen LogP contribution in [-0.2, 0) is 4.79 Å². The van der Waals surface area contributed by atoms with Crippen LogP contribution in [0.3, 0.4) is 0 Å². The topological polar surface area (TPSA) is 69.9 Å². The van der Waals surface area contributed by atoms with Crippen molar-refractivity contribution in [2.24, 2.45) is 5.92 Å². The summed E-state index contributed by atoms with van der Waals surface area (Å²) in [5, 5.41) is 3.83. The van der Waals surface area contributed by atoms with E-state index in [4.69, 9.17) is 18.6 Å². The number of hydrogen-bond donors (Lipinski definition) is 1. The van der Waals surface area contributed by atoms with Gasteiger partial charge in [0.25, 0.3) is 0 Å². The minimum atomic E-state index is -0.127. The Bertz CT molecular complexity index is 1160. The molecule has 0 bridgehead atoms. The third-order valence-corrected chi connectivity index (χ3v) is 5.40. The number of furan rings is 1. The zero-order chi connectivity index (χ0) is 23.4. The molecular formula is C26H31NO5. The third-order valence-electron chi connectivity index (χ3n) is 5.40. The average Bonchev–Trinajstić information content (AvgIpc) is 3.21. The predicted octanol–water partition coefficient (Wildman–Crippen LogP) is 5.61. The molecule has 3 aromatic rings. The van der Waals surface area contributed by atoms with Crippen LogP contribution in [0, 0.1) is 12.8 Å². The van der Waals surface area contributed by atoms with Gasteiger partial charge in [-0.15, -0.1) is 0 Å². The zero-order valence-corrected chi connectivity index (χ0v) is 19.8. The van der Waals surface area contributed by atoms with Crippen LogP contribution in [0.25, 0.3) is 27.7 Å². The number of amides is 1. The Balaban J connectivity index is 2.17. The molecule has 1 N–H and O–H groups in total. The van der Waals surface area contributed by atoms with Crippen LogP contribution in [0.4, 0.5) is 0 Å². The van der Waals surface area contributed by atoms with E-state index in [2.05, 4.69) is 19.2 Å². The smallest absolute Gasteiger partial charge is 0.244 e. The van der Waals surface area contributed by atoms with E-state index in [0.29, 0.717) is 24.0 Å². The van der Waals surface area contributed by atoms with Gasteiger partial charge in [0.1, 0.15) is 22.8 Å². The molecule has 1 heterocycles. The normalized spacial score (nSPS) is 11.7. The Morgan fingerprint density at radius 1 is 1.09 bits per heavy atom. The average molecular weight is 438 g/mol. The van der Waals surface area contributed by atoms with Crippen molar-refractivity contribution in [3.8, 4) is 28.4 Å². The highest BCUT2D eigenvalue weighted by Crippen LogP contribution is 2.43. The van der Waals surface area contributed by atoms with E-state index >= 15 is 0 Å². The molecule has 0 atom stereocenters. The summed E-state index contributed by atoms with van der Waals surface area (Å²) in [7, 11) is 4.89. The van der Waals surface area contributed by atoms with Crippen LogP contribution in [0.5, 0.6) is 17.2 Å². The zero-order valence-electron chi connectivity index (χ0n) is 19.8. The summed E-state index contributed by atoms with van der Waals surface area (Å²) >= 11 is 0. The Morgan fingerprint density at radius 2 is 1.84 bits per heavy atom.